The molecule has 0 aliphatic heterocycles. The Morgan fingerprint density at radius 2 is 1.32 bits per heavy atom. The largest absolute Gasteiger partial charge is 0.466 e. The molecule has 2 aromatic rings. The maximum absolute atomic E-state index is 13.8. The van der Waals surface area contributed by atoms with Gasteiger partial charge in [0.15, 0.2) is 0 Å². The third-order valence-electron chi connectivity index (χ3n) is 3.50. The molecule has 0 aliphatic rings. The van der Waals surface area contributed by atoms with Gasteiger partial charge < -0.3 is 15.4 Å². The zero-order valence-corrected chi connectivity index (χ0v) is 14.2. The Hall–Kier alpha value is -3.37. The summed E-state index contributed by atoms with van der Waals surface area (Å²) < 4.78 is 71.5. The fourth-order valence-corrected chi connectivity index (χ4v) is 2.16. The van der Waals surface area contributed by atoms with Gasteiger partial charge in [0.05, 0.1) is 7.11 Å². The van der Waals surface area contributed by atoms with E-state index in [4.69, 9.17) is 0 Å². The molecule has 0 radical (unpaired) electrons. The van der Waals surface area contributed by atoms with Gasteiger partial charge in [0.2, 0.25) is 0 Å². The summed E-state index contributed by atoms with van der Waals surface area (Å²) in [6.45, 7) is 0. The zero-order chi connectivity index (χ0) is 20.9. The van der Waals surface area contributed by atoms with E-state index in [-0.39, 0.29) is 11.4 Å². The number of anilines is 2. The molecule has 0 bridgehead atoms. The van der Waals surface area contributed by atoms with Crippen LogP contribution in [0.25, 0.3) is 0 Å². The number of hydrogen-bond acceptors (Lipinski definition) is 4. The van der Waals surface area contributed by atoms with Gasteiger partial charge >= 0.3 is 23.8 Å². The second kappa shape index (κ2) is 8.11. The highest BCUT2D eigenvalue weighted by Crippen LogP contribution is 2.33. The summed E-state index contributed by atoms with van der Waals surface area (Å²) in [4.78, 5) is 24.1. The number of carbonyl (C=O) groups is 2. The van der Waals surface area contributed by atoms with Gasteiger partial charge in [-0.1, -0.05) is 0 Å². The van der Waals surface area contributed by atoms with Gasteiger partial charge in [0.25, 0.3) is 0 Å². The van der Waals surface area contributed by atoms with Crippen LogP contribution in [0.3, 0.4) is 0 Å². The highest BCUT2D eigenvalue weighted by molar-refractivity contribution is 5.96. The van der Waals surface area contributed by atoms with Crippen molar-refractivity contribution in [1.82, 2.24) is 5.32 Å². The van der Waals surface area contributed by atoms with Gasteiger partial charge in [0.1, 0.15) is 11.6 Å². The fourth-order valence-electron chi connectivity index (χ4n) is 2.16. The number of alkyl halides is 3. The van der Waals surface area contributed by atoms with Gasteiger partial charge in [-0.15, -0.1) is 0 Å². The molecular weight excluding hydrogens is 389 g/mol. The van der Waals surface area contributed by atoms with Crippen LogP contribution < -0.4 is 16.0 Å². The van der Waals surface area contributed by atoms with Crippen molar-refractivity contribution in [3.63, 3.8) is 0 Å². The molecule has 0 heterocycles. The molecule has 0 aliphatic carbocycles. The first kappa shape index (κ1) is 20.9. The molecule has 0 aromatic heterocycles. The first-order chi connectivity index (χ1) is 13.1. The lowest BCUT2D eigenvalue weighted by Crippen LogP contribution is -2.69. The lowest BCUT2D eigenvalue weighted by atomic mass is 10.1. The smallest absolute Gasteiger partial charge is 0.441 e. The molecule has 0 spiro atoms. The van der Waals surface area contributed by atoms with Crippen molar-refractivity contribution >= 4 is 23.4 Å². The molecule has 11 heteroatoms. The standard InChI is InChI=1S/C17H14F5N3O3/c1-28-14(26)16(17(20,21)22,24-13-8-4-11(19)5-9-13)25-15(27)23-12-6-2-10(18)3-7-12/h2-9,24H,1H3,(H2,23,25,27)/t16-/m1/s1. The van der Waals surface area contributed by atoms with Crippen molar-refractivity contribution in [3.05, 3.63) is 60.2 Å². The Labute approximate surface area is 155 Å². The summed E-state index contributed by atoms with van der Waals surface area (Å²) in [5.41, 5.74) is -4.02. The van der Waals surface area contributed by atoms with Gasteiger partial charge in [-0.3, -0.25) is 5.32 Å². The van der Waals surface area contributed by atoms with Gasteiger partial charge in [-0.2, -0.15) is 13.2 Å². The number of benzene rings is 2. The van der Waals surface area contributed by atoms with E-state index in [1.54, 1.807) is 0 Å². The summed E-state index contributed by atoms with van der Waals surface area (Å²) >= 11 is 0. The minimum absolute atomic E-state index is 0.0263. The minimum atomic E-state index is -5.35. The predicted molar refractivity (Wildman–Crippen MR) is 89.4 cm³/mol. The fraction of sp³-hybridized carbons (Fsp3) is 0.176. The first-order valence-corrected chi connectivity index (χ1v) is 7.61. The van der Waals surface area contributed by atoms with Crippen LogP contribution in [-0.2, 0) is 9.53 Å². The van der Waals surface area contributed by atoms with Crippen LogP contribution in [0.5, 0.6) is 0 Å². The van der Waals surface area contributed by atoms with E-state index >= 15 is 0 Å². The van der Waals surface area contributed by atoms with E-state index in [0.717, 1.165) is 48.5 Å². The quantitative estimate of drug-likeness (QED) is 0.405. The number of rotatable bonds is 5. The molecule has 0 fully saturated rings. The molecule has 1 atom stereocenters. The van der Waals surface area contributed by atoms with Crippen LogP contribution in [0.4, 0.5) is 38.1 Å². The number of esters is 1. The average molecular weight is 403 g/mol. The molecular formula is C17H14F5N3O3. The Kier molecular flexibility index (Phi) is 6.06. The number of ether oxygens (including phenoxy) is 1. The van der Waals surface area contributed by atoms with Crippen LogP contribution in [0, 0.1) is 11.6 Å². The van der Waals surface area contributed by atoms with Crippen LogP contribution in [-0.4, -0.2) is 30.9 Å². The van der Waals surface area contributed by atoms with Crippen LogP contribution >= 0.6 is 0 Å². The topological polar surface area (TPSA) is 79.5 Å². The maximum atomic E-state index is 13.8. The second-order valence-corrected chi connectivity index (χ2v) is 5.46. The van der Waals surface area contributed by atoms with Gasteiger partial charge in [-0.25, -0.2) is 18.4 Å². The Balaban J connectivity index is 2.35. The summed E-state index contributed by atoms with van der Waals surface area (Å²) in [6, 6.07) is 6.35. The molecule has 6 nitrogen and oxygen atoms in total. The molecule has 150 valence electrons. The Morgan fingerprint density at radius 1 is 0.857 bits per heavy atom. The lowest BCUT2D eigenvalue weighted by Gasteiger charge is -2.35. The molecule has 0 unspecified atom stereocenters. The van der Waals surface area contributed by atoms with Crippen LogP contribution in [0.2, 0.25) is 0 Å². The number of halogens is 5. The summed E-state index contributed by atoms with van der Waals surface area (Å²) in [5, 5.41) is 5.38. The normalized spacial score (nSPS) is 13.2. The van der Waals surface area contributed by atoms with E-state index in [2.05, 4.69) is 4.74 Å². The summed E-state index contributed by atoms with van der Waals surface area (Å²) in [7, 11) is 0.703. The predicted octanol–water partition coefficient (Wildman–Crippen LogP) is 3.63. The number of hydrogen-bond donors (Lipinski definition) is 3. The number of amides is 2. The molecule has 0 saturated heterocycles. The Morgan fingerprint density at radius 3 is 1.75 bits per heavy atom. The SMILES string of the molecule is COC(=O)[C@](NC(=O)Nc1ccc(F)cc1)(Nc1ccc(F)cc1)C(F)(F)F. The summed E-state index contributed by atoms with van der Waals surface area (Å²) in [6.07, 6.45) is -5.35. The maximum Gasteiger partial charge on any atom is 0.441 e. The van der Waals surface area contributed by atoms with Crippen molar-refractivity contribution in [2.45, 2.75) is 11.8 Å². The highest BCUT2D eigenvalue weighted by Gasteiger charge is 2.63. The van der Waals surface area contributed by atoms with E-state index in [1.807, 2.05) is 10.6 Å². The van der Waals surface area contributed by atoms with E-state index in [9.17, 15) is 31.5 Å². The molecule has 2 rings (SSSR count). The monoisotopic (exact) mass is 403 g/mol. The third kappa shape index (κ3) is 4.67. The zero-order valence-electron chi connectivity index (χ0n) is 14.2. The van der Waals surface area contributed by atoms with Crippen molar-refractivity contribution < 1.29 is 36.3 Å². The number of nitrogens with one attached hydrogen (secondary N) is 3. The number of carbonyl (C=O) groups excluding carboxylic acids is 2. The van der Waals surface area contributed by atoms with Crippen molar-refractivity contribution in [2.24, 2.45) is 0 Å². The van der Waals surface area contributed by atoms with Crippen molar-refractivity contribution in [2.75, 3.05) is 17.7 Å². The molecule has 2 aromatic carbocycles. The minimum Gasteiger partial charge on any atom is -0.466 e. The molecule has 28 heavy (non-hydrogen) atoms. The number of methoxy groups -OCH3 is 1. The van der Waals surface area contributed by atoms with E-state index in [1.165, 1.54) is 5.32 Å². The summed E-state index contributed by atoms with van der Waals surface area (Å²) in [5.74, 6) is -3.20. The average Bonchev–Trinajstić information content (AvgIpc) is 2.63. The molecule has 3 N–H and O–H groups in total. The first-order valence-electron chi connectivity index (χ1n) is 7.61. The highest BCUT2D eigenvalue weighted by atomic mass is 19.4. The lowest BCUT2D eigenvalue weighted by molar-refractivity contribution is -0.202. The number of urea groups is 1. The molecule has 0 saturated carbocycles. The van der Waals surface area contributed by atoms with Crippen molar-refractivity contribution in [3.8, 4) is 0 Å². The van der Waals surface area contributed by atoms with E-state index in [0.29, 0.717) is 7.11 Å². The van der Waals surface area contributed by atoms with Gasteiger partial charge in [0, 0.05) is 11.4 Å². The third-order valence-corrected chi connectivity index (χ3v) is 3.50. The Bertz CT molecular complexity index is 841. The van der Waals surface area contributed by atoms with Crippen LogP contribution in [0.15, 0.2) is 48.5 Å². The van der Waals surface area contributed by atoms with Gasteiger partial charge in [-0.05, 0) is 48.5 Å². The van der Waals surface area contributed by atoms with Crippen molar-refractivity contribution in [1.29, 1.82) is 0 Å². The second-order valence-electron chi connectivity index (χ2n) is 5.46. The van der Waals surface area contributed by atoms with Crippen LogP contribution in [0.1, 0.15) is 0 Å². The van der Waals surface area contributed by atoms with E-state index < -0.39 is 35.5 Å². The molecule has 2 amide bonds.